The first-order valence-corrected chi connectivity index (χ1v) is 7.08. The lowest BCUT2D eigenvalue weighted by Gasteiger charge is -2.09. The number of aryl methyl sites for hydroxylation is 1. The van der Waals surface area contributed by atoms with Gasteiger partial charge in [0.2, 0.25) is 5.91 Å². The molecule has 2 rings (SSSR count). The Bertz CT molecular complexity index is 679. The van der Waals surface area contributed by atoms with Crippen molar-refractivity contribution in [1.29, 1.82) is 0 Å². The monoisotopic (exact) mass is 304 g/mol. The maximum Gasteiger partial charge on any atom is 0.220 e. The van der Waals surface area contributed by atoms with Gasteiger partial charge >= 0.3 is 0 Å². The summed E-state index contributed by atoms with van der Waals surface area (Å²) >= 11 is 0. The van der Waals surface area contributed by atoms with Crippen LogP contribution in [0.1, 0.15) is 22.6 Å². The Morgan fingerprint density at radius 3 is 2.91 bits per heavy atom. The second-order valence-electron chi connectivity index (χ2n) is 5.35. The van der Waals surface area contributed by atoms with Crippen LogP contribution >= 0.6 is 0 Å². The molecule has 118 valence electrons. The van der Waals surface area contributed by atoms with Gasteiger partial charge < -0.3 is 20.3 Å². The van der Waals surface area contributed by atoms with Gasteiger partial charge in [0.1, 0.15) is 17.1 Å². The molecule has 0 aliphatic rings. The predicted octanol–water partition coefficient (Wildman–Crippen LogP) is 0.691. The molecule has 0 saturated heterocycles. The molecule has 0 spiro atoms. The Morgan fingerprint density at radius 1 is 1.45 bits per heavy atom. The van der Waals surface area contributed by atoms with Crippen LogP contribution in [-0.2, 0) is 11.2 Å². The summed E-state index contributed by atoms with van der Waals surface area (Å²) < 4.78 is 0. The molecule has 7 heteroatoms. The number of imidazole rings is 1. The van der Waals surface area contributed by atoms with E-state index in [-0.39, 0.29) is 17.2 Å². The summed E-state index contributed by atoms with van der Waals surface area (Å²) in [4.78, 5) is 32.1. The van der Waals surface area contributed by atoms with E-state index in [0.717, 1.165) is 6.54 Å². The number of hydrogen-bond donors (Lipinski definition) is 3. The largest absolute Gasteiger partial charge is 0.507 e. The molecular weight excluding hydrogens is 284 g/mol. The van der Waals surface area contributed by atoms with Gasteiger partial charge in [0.15, 0.2) is 6.29 Å². The summed E-state index contributed by atoms with van der Waals surface area (Å²) in [5.74, 6) is 0.481. The molecule has 0 bridgehead atoms. The van der Waals surface area contributed by atoms with Gasteiger partial charge in [-0.05, 0) is 26.2 Å². The minimum absolute atomic E-state index is 0.0410. The maximum absolute atomic E-state index is 11.7. The first-order chi connectivity index (χ1) is 10.5. The van der Waals surface area contributed by atoms with E-state index in [1.165, 1.54) is 6.07 Å². The number of likely N-dealkylation sites (N-methyl/N-ethyl adjacent to an activating group) is 1. The van der Waals surface area contributed by atoms with E-state index in [9.17, 15) is 14.7 Å². The van der Waals surface area contributed by atoms with Crippen LogP contribution in [0.15, 0.2) is 12.1 Å². The minimum atomic E-state index is -0.0954. The summed E-state index contributed by atoms with van der Waals surface area (Å²) in [6.07, 6.45) is 1.34. The lowest BCUT2D eigenvalue weighted by atomic mass is 10.2. The minimum Gasteiger partial charge on any atom is -0.507 e. The quantitative estimate of drug-likeness (QED) is 0.654. The highest BCUT2D eigenvalue weighted by Crippen LogP contribution is 2.24. The summed E-state index contributed by atoms with van der Waals surface area (Å²) in [6, 6.07) is 3.10. The van der Waals surface area contributed by atoms with E-state index in [1.807, 2.05) is 19.0 Å². The Kier molecular flexibility index (Phi) is 5.11. The fourth-order valence-electron chi connectivity index (χ4n) is 2.11. The van der Waals surface area contributed by atoms with Crippen molar-refractivity contribution in [2.75, 3.05) is 27.2 Å². The smallest absolute Gasteiger partial charge is 0.220 e. The fourth-order valence-corrected chi connectivity index (χ4v) is 2.11. The Hall–Kier alpha value is -2.41. The van der Waals surface area contributed by atoms with Crippen molar-refractivity contribution in [2.45, 2.75) is 12.8 Å². The molecule has 0 atom stereocenters. The van der Waals surface area contributed by atoms with Crippen molar-refractivity contribution >= 4 is 23.2 Å². The second-order valence-corrected chi connectivity index (χ2v) is 5.35. The number of aromatic amines is 1. The Labute approximate surface area is 128 Å². The molecule has 0 aliphatic carbocycles. The number of aromatic nitrogens is 2. The molecule has 2 aromatic rings. The molecule has 1 amide bonds. The zero-order valence-corrected chi connectivity index (χ0v) is 12.7. The number of phenols is 1. The highest BCUT2D eigenvalue weighted by atomic mass is 16.3. The normalized spacial score (nSPS) is 11.0. The Balaban J connectivity index is 1.98. The molecule has 0 unspecified atom stereocenters. The average Bonchev–Trinajstić information content (AvgIpc) is 2.87. The van der Waals surface area contributed by atoms with Crippen LogP contribution in [0.25, 0.3) is 11.0 Å². The molecule has 0 fully saturated rings. The van der Waals surface area contributed by atoms with Crippen molar-refractivity contribution < 1.29 is 14.7 Å². The summed E-state index contributed by atoms with van der Waals surface area (Å²) in [5.41, 5.74) is 1.26. The van der Waals surface area contributed by atoms with Crippen molar-refractivity contribution in [3.05, 3.63) is 23.5 Å². The zero-order chi connectivity index (χ0) is 16.1. The second kappa shape index (κ2) is 7.04. The van der Waals surface area contributed by atoms with Crippen molar-refractivity contribution in [2.24, 2.45) is 0 Å². The van der Waals surface area contributed by atoms with Gasteiger partial charge in [-0.25, -0.2) is 4.98 Å². The van der Waals surface area contributed by atoms with Crippen LogP contribution in [0, 0.1) is 0 Å². The van der Waals surface area contributed by atoms with Crippen LogP contribution in [0.2, 0.25) is 0 Å². The molecule has 22 heavy (non-hydrogen) atoms. The third-order valence-electron chi connectivity index (χ3n) is 3.31. The topological polar surface area (TPSA) is 98.3 Å². The van der Waals surface area contributed by atoms with Crippen molar-refractivity contribution in [3.63, 3.8) is 0 Å². The number of carbonyl (C=O) groups excluding carboxylic acids is 2. The summed E-state index contributed by atoms with van der Waals surface area (Å²) in [7, 11) is 3.89. The number of amides is 1. The predicted molar refractivity (Wildman–Crippen MR) is 83.0 cm³/mol. The summed E-state index contributed by atoms with van der Waals surface area (Å²) in [6.45, 7) is 1.40. The molecule has 1 aromatic heterocycles. The molecule has 0 saturated carbocycles. The number of phenolic OH excluding ortho intramolecular Hbond substituents is 1. The average molecular weight is 304 g/mol. The molecule has 7 nitrogen and oxygen atoms in total. The van der Waals surface area contributed by atoms with Crippen LogP contribution in [0.5, 0.6) is 5.75 Å². The highest BCUT2D eigenvalue weighted by Gasteiger charge is 2.12. The number of fused-ring (bicyclic) bond motifs is 1. The molecule has 0 aliphatic heterocycles. The molecule has 1 heterocycles. The van der Waals surface area contributed by atoms with Crippen molar-refractivity contribution in [3.8, 4) is 5.75 Å². The molecule has 1 aromatic carbocycles. The van der Waals surface area contributed by atoms with E-state index >= 15 is 0 Å². The third-order valence-corrected chi connectivity index (χ3v) is 3.31. The SMILES string of the molecule is CN(C)CCNC(=O)CCc1nc2c(C=O)c(O)ccc2[nH]1. The molecule has 3 N–H and O–H groups in total. The van der Waals surface area contributed by atoms with E-state index in [2.05, 4.69) is 15.3 Å². The fraction of sp³-hybridized carbons (Fsp3) is 0.400. The van der Waals surface area contributed by atoms with Crippen LogP contribution < -0.4 is 5.32 Å². The van der Waals surface area contributed by atoms with Gasteiger partial charge in [0.05, 0.1) is 11.1 Å². The van der Waals surface area contributed by atoms with Gasteiger partial charge in [0, 0.05) is 25.9 Å². The number of hydrogen-bond acceptors (Lipinski definition) is 5. The highest BCUT2D eigenvalue weighted by molar-refractivity contribution is 5.97. The van der Waals surface area contributed by atoms with Crippen LogP contribution in [-0.4, -0.2) is 59.4 Å². The lowest BCUT2D eigenvalue weighted by Crippen LogP contribution is -2.31. The van der Waals surface area contributed by atoms with E-state index in [4.69, 9.17) is 0 Å². The number of benzene rings is 1. The van der Waals surface area contributed by atoms with Crippen molar-refractivity contribution in [1.82, 2.24) is 20.2 Å². The number of H-pyrrole nitrogens is 1. The Morgan fingerprint density at radius 2 is 2.23 bits per heavy atom. The third kappa shape index (κ3) is 3.82. The van der Waals surface area contributed by atoms with E-state index in [1.54, 1.807) is 6.07 Å². The number of carbonyl (C=O) groups is 2. The van der Waals surface area contributed by atoms with Gasteiger partial charge in [-0.1, -0.05) is 0 Å². The standard InChI is InChI=1S/C15H20N4O3/c1-19(2)8-7-16-14(22)6-5-13-17-11-3-4-12(21)10(9-20)15(11)18-13/h3-4,9,21H,5-8H2,1-2H3,(H,16,22)(H,17,18). The van der Waals surface area contributed by atoms with Gasteiger partial charge in [-0.2, -0.15) is 0 Å². The number of aldehydes is 1. The van der Waals surface area contributed by atoms with E-state index < -0.39 is 0 Å². The number of nitrogens with zero attached hydrogens (tertiary/aromatic N) is 2. The van der Waals surface area contributed by atoms with E-state index in [0.29, 0.717) is 42.5 Å². The van der Waals surface area contributed by atoms with Crippen LogP contribution in [0.4, 0.5) is 0 Å². The maximum atomic E-state index is 11.7. The van der Waals surface area contributed by atoms with Gasteiger partial charge in [0.25, 0.3) is 0 Å². The first-order valence-electron chi connectivity index (χ1n) is 7.08. The molecule has 0 radical (unpaired) electrons. The molecular formula is C15H20N4O3. The van der Waals surface area contributed by atoms with Gasteiger partial charge in [-0.15, -0.1) is 0 Å². The van der Waals surface area contributed by atoms with Crippen LogP contribution in [0.3, 0.4) is 0 Å². The number of rotatable bonds is 7. The first kappa shape index (κ1) is 16.0. The number of nitrogens with one attached hydrogen (secondary N) is 2. The van der Waals surface area contributed by atoms with Gasteiger partial charge in [-0.3, -0.25) is 9.59 Å². The summed E-state index contributed by atoms with van der Waals surface area (Å²) in [5, 5.41) is 12.5. The zero-order valence-electron chi connectivity index (χ0n) is 12.7. The number of aromatic hydroxyl groups is 1. The lowest BCUT2D eigenvalue weighted by molar-refractivity contribution is -0.121.